The molecule has 0 spiro atoms. The van der Waals surface area contributed by atoms with Crippen molar-refractivity contribution in [2.75, 3.05) is 40.9 Å². The van der Waals surface area contributed by atoms with E-state index in [1.165, 1.54) is 77.0 Å². The lowest BCUT2D eigenvalue weighted by Crippen LogP contribution is -2.45. The minimum Gasteiger partial charge on any atom is -0.756 e. The number of hydrogen-bond acceptors (Lipinski definition) is 6. The van der Waals surface area contributed by atoms with E-state index in [9.17, 15) is 19.4 Å². The first-order valence-corrected chi connectivity index (χ1v) is 18.7. The number of unbranched alkanes of at least 4 members (excludes halogenated alkanes) is 15. The summed E-state index contributed by atoms with van der Waals surface area (Å²) in [5.41, 5.74) is 0. The smallest absolute Gasteiger partial charge is 0.268 e. The molecule has 0 saturated heterocycles. The molecule has 43 heavy (non-hydrogen) atoms. The maximum atomic E-state index is 12.7. The van der Waals surface area contributed by atoms with Gasteiger partial charge in [0.25, 0.3) is 7.82 Å². The largest absolute Gasteiger partial charge is 0.756 e. The summed E-state index contributed by atoms with van der Waals surface area (Å²) in [4.78, 5) is 25.0. The zero-order chi connectivity index (χ0) is 32.2. The fraction of sp³-hybridized carbons (Fsp3) is 0.853. The Labute approximate surface area is 264 Å². The number of phosphoric acid groups is 1. The van der Waals surface area contributed by atoms with Gasteiger partial charge in [0.15, 0.2) is 0 Å². The van der Waals surface area contributed by atoms with Crippen LogP contribution in [0.15, 0.2) is 24.3 Å². The van der Waals surface area contributed by atoms with Gasteiger partial charge < -0.3 is 28.8 Å². The summed E-state index contributed by atoms with van der Waals surface area (Å²) in [5, 5.41) is 13.6. The van der Waals surface area contributed by atoms with E-state index in [0.717, 1.165) is 38.5 Å². The first kappa shape index (κ1) is 42.0. The monoisotopic (exact) mass is 630 g/mol. The van der Waals surface area contributed by atoms with Crippen molar-refractivity contribution in [3.05, 3.63) is 24.3 Å². The van der Waals surface area contributed by atoms with Gasteiger partial charge in [-0.05, 0) is 32.1 Å². The number of aliphatic hydroxyl groups excluding tert-OH is 1. The molecular weight excluding hydrogens is 563 g/mol. The number of aliphatic hydroxyl groups is 1. The van der Waals surface area contributed by atoms with Gasteiger partial charge >= 0.3 is 0 Å². The number of carbonyl (C=O) groups is 1. The van der Waals surface area contributed by atoms with Crippen molar-refractivity contribution in [3.8, 4) is 0 Å². The summed E-state index contributed by atoms with van der Waals surface area (Å²) in [6.07, 6.45) is 28.0. The van der Waals surface area contributed by atoms with Gasteiger partial charge in [-0.2, -0.15) is 0 Å². The van der Waals surface area contributed by atoms with Crippen LogP contribution < -0.4 is 10.2 Å². The van der Waals surface area contributed by atoms with Crippen molar-refractivity contribution in [1.82, 2.24) is 5.32 Å². The lowest BCUT2D eigenvalue weighted by molar-refractivity contribution is -0.870. The summed E-state index contributed by atoms with van der Waals surface area (Å²) in [5.74, 6) is -0.213. The molecule has 0 saturated carbocycles. The first-order chi connectivity index (χ1) is 20.5. The van der Waals surface area contributed by atoms with Crippen LogP contribution in [0.3, 0.4) is 0 Å². The highest BCUT2D eigenvalue weighted by Crippen LogP contribution is 2.38. The Kier molecular flexibility index (Phi) is 26.7. The van der Waals surface area contributed by atoms with Gasteiger partial charge in [0, 0.05) is 6.42 Å². The van der Waals surface area contributed by atoms with Crippen molar-refractivity contribution in [2.45, 2.75) is 148 Å². The number of carbonyl (C=O) groups excluding carboxylic acids is 1. The second-order valence-electron chi connectivity index (χ2n) is 12.9. The SMILES string of the molecule is CCCCC/C=C/CC/C=C/C(O)C(COP(=O)([O-])OCC[N+](C)(C)C)NC(=O)CCCCCCCCCCCCCC. The molecule has 9 heteroatoms. The van der Waals surface area contributed by atoms with Crippen LogP contribution in [0.1, 0.15) is 136 Å². The van der Waals surface area contributed by atoms with Crippen molar-refractivity contribution in [2.24, 2.45) is 0 Å². The summed E-state index contributed by atoms with van der Waals surface area (Å²) in [7, 11) is 1.24. The van der Waals surface area contributed by atoms with E-state index in [1.54, 1.807) is 6.08 Å². The number of nitrogens with zero attached hydrogens (tertiary/aromatic N) is 1. The van der Waals surface area contributed by atoms with E-state index in [0.29, 0.717) is 17.4 Å². The van der Waals surface area contributed by atoms with Crippen molar-refractivity contribution in [1.29, 1.82) is 0 Å². The third-order valence-electron chi connectivity index (χ3n) is 7.41. The summed E-state index contributed by atoms with van der Waals surface area (Å²) >= 11 is 0. The predicted octanol–water partition coefficient (Wildman–Crippen LogP) is 7.60. The number of amides is 1. The van der Waals surface area contributed by atoms with E-state index >= 15 is 0 Å². The van der Waals surface area contributed by atoms with E-state index < -0.39 is 26.6 Å². The number of hydrogen-bond donors (Lipinski definition) is 2. The highest BCUT2D eigenvalue weighted by molar-refractivity contribution is 7.45. The maximum absolute atomic E-state index is 12.7. The fourth-order valence-electron chi connectivity index (χ4n) is 4.58. The zero-order valence-electron chi connectivity index (χ0n) is 28.4. The molecule has 1 amide bonds. The fourth-order valence-corrected chi connectivity index (χ4v) is 5.30. The molecule has 0 aromatic carbocycles. The van der Waals surface area contributed by atoms with Crippen molar-refractivity contribution >= 4 is 13.7 Å². The second-order valence-corrected chi connectivity index (χ2v) is 14.3. The summed E-state index contributed by atoms with van der Waals surface area (Å²) in [6, 6.07) is -0.894. The molecular formula is C34H67N2O6P. The van der Waals surface area contributed by atoms with Crippen LogP contribution in [0.4, 0.5) is 0 Å². The van der Waals surface area contributed by atoms with Gasteiger partial charge in [0.05, 0.1) is 39.9 Å². The van der Waals surface area contributed by atoms with Crippen LogP contribution in [0.25, 0.3) is 0 Å². The molecule has 3 atom stereocenters. The third-order valence-corrected chi connectivity index (χ3v) is 8.38. The highest BCUT2D eigenvalue weighted by Gasteiger charge is 2.23. The van der Waals surface area contributed by atoms with E-state index in [2.05, 4.69) is 31.3 Å². The van der Waals surface area contributed by atoms with Crippen LogP contribution in [0, 0.1) is 0 Å². The number of likely N-dealkylation sites (N-methyl/N-ethyl adjacent to an activating group) is 1. The standard InChI is InChI=1S/C34H67N2O6P/c1-6-8-10-12-14-16-17-18-20-22-24-26-28-34(38)35-32(31-42-43(39,40)41-30-29-36(3,4)5)33(37)27-25-23-21-19-15-13-11-9-7-2/h15,19,25,27,32-33,37H,6-14,16-18,20-24,26,28-31H2,1-5H3,(H-,35,38,39,40)/b19-15+,27-25+. The van der Waals surface area contributed by atoms with Crippen LogP contribution in [0.2, 0.25) is 0 Å². The minimum absolute atomic E-state index is 0.00528. The third kappa shape index (κ3) is 29.5. The predicted molar refractivity (Wildman–Crippen MR) is 178 cm³/mol. The highest BCUT2D eigenvalue weighted by atomic mass is 31.2. The van der Waals surface area contributed by atoms with E-state index in [1.807, 2.05) is 27.2 Å². The van der Waals surface area contributed by atoms with Gasteiger partial charge in [0.1, 0.15) is 13.2 Å². The van der Waals surface area contributed by atoms with Crippen molar-refractivity contribution in [3.63, 3.8) is 0 Å². The van der Waals surface area contributed by atoms with Gasteiger partial charge in [-0.3, -0.25) is 9.36 Å². The molecule has 0 aliphatic rings. The molecule has 0 aliphatic carbocycles. The lowest BCUT2D eigenvalue weighted by Gasteiger charge is -2.29. The maximum Gasteiger partial charge on any atom is 0.268 e. The number of rotatable bonds is 30. The topological polar surface area (TPSA) is 108 Å². The minimum atomic E-state index is -4.57. The van der Waals surface area contributed by atoms with Crippen LogP contribution >= 0.6 is 7.82 Å². The number of phosphoric ester groups is 1. The molecule has 0 aromatic heterocycles. The number of quaternary nitrogens is 1. The average Bonchev–Trinajstić information content (AvgIpc) is 2.94. The molecule has 3 unspecified atom stereocenters. The average molecular weight is 631 g/mol. The van der Waals surface area contributed by atoms with Gasteiger partial charge in [-0.25, -0.2) is 0 Å². The molecule has 0 heterocycles. The second kappa shape index (κ2) is 27.3. The first-order valence-electron chi connectivity index (χ1n) is 17.2. The molecule has 0 radical (unpaired) electrons. The van der Waals surface area contributed by atoms with Crippen LogP contribution in [-0.4, -0.2) is 68.5 Å². The van der Waals surface area contributed by atoms with Gasteiger partial charge in [0.2, 0.25) is 5.91 Å². The van der Waals surface area contributed by atoms with Crippen LogP contribution in [-0.2, 0) is 18.4 Å². The Morgan fingerprint density at radius 3 is 1.88 bits per heavy atom. The normalized spacial score (nSPS) is 15.2. The van der Waals surface area contributed by atoms with Gasteiger partial charge in [-0.1, -0.05) is 122 Å². The quantitative estimate of drug-likeness (QED) is 0.0366. The van der Waals surface area contributed by atoms with Crippen LogP contribution in [0.5, 0.6) is 0 Å². The number of nitrogens with one attached hydrogen (secondary N) is 1. The Morgan fingerprint density at radius 1 is 0.791 bits per heavy atom. The molecule has 0 aliphatic heterocycles. The zero-order valence-corrected chi connectivity index (χ0v) is 29.3. The summed E-state index contributed by atoms with van der Waals surface area (Å²) < 4.78 is 22.9. The molecule has 0 rings (SSSR count). The van der Waals surface area contributed by atoms with Crippen molar-refractivity contribution < 1.29 is 32.9 Å². The Hall–Kier alpha value is -1.02. The molecule has 2 N–H and O–H groups in total. The molecule has 8 nitrogen and oxygen atoms in total. The summed E-state index contributed by atoms with van der Waals surface area (Å²) in [6.45, 7) is 4.53. The Bertz CT molecular complexity index is 768. The van der Waals surface area contributed by atoms with E-state index in [-0.39, 0.29) is 12.5 Å². The molecule has 0 bridgehead atoms. The molecule has 0 aromatic rings. The van der Waals surface area contributed by atoms with E-state index in [4.69, 9.17) is 9.05 Å². The Balaban J connectivity index is 4.62. The van der Waals surface area contributed by atoms with Gasteiger partial charge in [-0.15, -0.1) is 0 Å². The lowest BCUT2D eigenvalue weighted by atomic mass is 10.0. The molecule has 0 fully saturated rings. The number of allylic oxidation sites excluding steroid dienone is 3. The molecule has 254 valence electrons. The Morgan fingerprint density at radius 2 is 1.30 bits per heavy atom.